The fourth-order valence-electron chi connectivity index (χ4n) is 1.76. The molecule has 112 valence electrons. The zero-order valence-corrected chi connectivity index (χ0v) is 11.7. The maximum absolute atomic E-state index is 11.7. The lowest BCUT2D eigenvalue weighted by Gasteiger charge is -2.06. The summed E-state index contributed by atoms with van der Waals surface area (Å²) in [6, 6.07) is 12.0. The maximum atomic E-state index is 11.7. The molecule has 0 unspecified atom stereocenters. The van der Waals surface area contributed by atoms with E-state index in [4.69, 9.17) is 14.4 Å². The van der Waals surface area contributed by atoms with Crippen molar-refractivity contribution in [3.8, 4) is 6.07 Å². The van der Waals surface area contributed by atoms with E-state index in [1.54, 1.807) is 30.3 Å². The van der Waals surface area contributed by atoms with Crippen LogP contribution in [0.25, 0.3) is 0 Å². The van der Waals surface area contributed by atoms with Crippen LogP contribution in [0.1, 0.15) is 17.7 Å². The van der Waals surface area contributed by atoms with Gasteiger partial charge in [-0.25, -0.2) is 0 Å². The topological polar surface area (TPSA) is 92.3 Å². The second-order valence-electron chi connectivity index (χ2n) is 4.48. The van der Waals surface area contributed by atoms with Gasteiger partial charge < -0.3 is 14.5 Å². The highest BCUT2D eigenvalue weighted by atomic mass is 16.5. The fourth-order valence-corrected chi connectivity index (χ4v) is 1.76. The highest BCUT2D eigenvalue weighted by molar-refractivity contribution is 5.92. The van der Waals surface area contributed by atoms with E-state index in [0.29, 0.717) is 23.4 Å². The maximum Gasteiger partial charge on any atom is 0.306 e. The van der Waals surface area contributed by atoms with E-state index < -0.39 is 11.9 Å². The number of hydrogen-bond acceptors (Lipinski definition) is 5. The van der Waals surface area contributed by atoms with Gasteiger partial charge in [-0.3, -0.25) is 9.59 Å². The van der Waals surface area contributed by atoms with Crippen LogP contribution in [0.4, 0.5) is 5.69 Å². The first-order valence-corrected chi connectivity index (χ1v) is 6.65. The summed E-state index contributed by atoms with van der Waals surface area (Å²) in [6.45, 7) is -0.367. The Bertz CT molecular complexity index is 686. The van der Waals surface area contributed by atoms with Crippen molar-refractivity contribution in [1.82, 2.24) is 0 Å². The second kappa shape index (κ2) is 7.64. The van der Waals surface area contributed by atoms with Crippen LogP contribution in [0.2, 0.25) is 0 Å². The van der Waals surface area contributed by atoms with Gasteiger partial charge in [0.1, 0.15) is 5.76 Å². The van der Waals surface area contributed by atoms with Gasteiger partial charge in [0, 0.05) is 12.1 Å². The van der Waals surface area contributed by atoms with Crippen molar-refractivity contribution in [1.29, 1.82) is 5.26 Å². The summed E-state index contributed by atoms with van der Waals surface area (Å²) in [4.78, 5) is 23.2. The monoisotopic (exact) mass is 298 g/mol. The Balaban J connectivity index is 1.72. The molecule has 0 spiro atoms. The SMILES string of the molecule is N#Cc1cccc(NC(=O)COC(=O)CCc2ccco2)c1. The molecule has 0 aliphatic rings. The Morgan fingerprint density at radius 1 is 1.27 bits per heavy atom. The fraction of sp³-hybridized carbons (Fsp3) is 0.188. The first-order chi connectivity index (χ1) is 10.7. The summed E-state index contributed by atoms with van der Waals surface area (Å²) in [5.74, 6) is -0.242. The average molecular weight is 298 g/mol. The Morgan fingerprint density at radius 2 is 2.14 bits per heavy atom. The van der Waals surface area contributed by atoms with Gasteiger partial charge in [-0.05, 0) is 30.3 Å². The molecule has 6 nitrogen and oxygen atoms in total. The third kappa shape index (κ3) is 4.80. The van der Waals surface area contributed by atoms with Gasteiger partial charge in [-0.15, -0.1) is 0 Å². The van der Waals surface area contributed by atoms with Crippen LogP contribution in [0.5, 0.6) is 0 Å². The lowest BCUT2D eigenvalue weighted by Crippen LogP contribution is -2.21. The van der Waals surface area contributed by atoms with Crippen LogP contribution in [0, 0.1) is 11.3 Å². The van der Waals surface area contributed by atoms with Crippen LogP contribution in [0.3, 0.4) is 0 Å². The molecule has 0 bridgehead atoms. The van der Waals surface area contributed by atoms with Gasteiger partial charge in [0.05, 0.1) is 24.3 Å². The molecule has 6 heteroatoms. The minimum Gasteiger partial charge on any atom is -0.469 e. The number of furan rings is 1. The van der Waals surface area contributed by atoms with Gasteiger partial charge in [-0.1, -0.05) is 6.07 Å². The zero-order chi connectivity index (χ0) is 15.8. The summed E-state index contributed by atoms with van der Waals surface area (Å²) in [6.07, 6.45) is 2.10. The molecular formula is C16H14N2O4. The highest BCUT2D eigenvalue weighted by Crippen LogP contribution is 2.09. The highest BCUT2D eigenvalue weighted by Gasteiger charge is 2.09. The smallest absolute Gasteiger partial charge is 0.306 e. The van der Waals surface area contributed by atoms with E-state index >= 15 is 0 Å². The molecule has 0 aliphatic carbocycles. The number of benzene rings is 1. The molecule has 1 amide bonds. The van der Waals surface area contributed by atoms with Crippen molar-refractivity contribution in [2.24, 2.45) is 0 Å². The van der Waals surface area contributed by atoms with E-state index in [0.717, 1.165) is 0 Å². The van der Waals surface area contributed by atoms with E-state index in [-0.39, 0.29) is 13.0 Å². The van der Waals surface area contributed by atoms with E-state index in [1.807, 2.05) is 6.07 Å². The third-order valence-electron chi connectivity index (χ3n) is 2.80. The normalized spacial score (nSPS) is 9.77. The van der Waals surface area contributed by atoms with Gasteiger partial charge in [0.2, 0.25) is 0 Å². The quantitative estimate of drug-likeness (QED) is 0.826. The minimum absolute atomic E-state index is 0.144. The number of anilines is 1. The predicted octanol–water partition coefficient (Wildman–Crippen LogP) is 2.27. The Hall–Kier alpha value is -3.07. The molecule has 0 fully saturated rings. The number of ether oxygens (including phenoxy) is 1. The van der Waals surface area contributed by atoms with Crippen LogP contribution in [-0.4, -0.2) is 18.5 Å². The van der Waals surface area contributed by atoms with Crippen LogP contribution < -0.4 is 5.32 Å². The van der Waals surface area contributed by atoms with Crippen LogP contribution >= 0.6 is 0 Å². The lowest BCUT2D eigenvalue weighted by atomic mass is 10.2. The lowest BCUT2D eigenvalue weighted by molar-refractivity contribution is -0.147. The van der Waals surface area contributed by atoms with E-state index in [1.165, 1.54) is 12.3 Å². The van der Waals surface area contributed by atoms with Crippen molar-refractivity contribution in [3.05, 3.63) is 54.0 Å². The summed E-state index contributed by atoms with van der Waals surface area (Å²) >= 11 is 0. The number of nitrogens with one attached hydrogen (secondary N) is 1. The predicted molar refractivity (Wildman–Crippen MR) is 77.8 cm³/mol. The van der Waals surface area contributed by atoms with Crippen molar-refractivity contribution in [2.45, 2.75) is 12.8 Å². The Morgan fingerprint density at radius 3 is 2.86 bits per heavy atom. The largest absolute Gasteiger partial charge is 0.469 e. The number of esters is 1. The molecule has 2 rings (SSSR count). The van der Waals surface area contributed by atoms with Crippen molar-refractivity contribution >= 4 is 17.6 Å². The molecule has 2 aromatic rings. The number of carbonyl (C=O) groups is 2. The minimum atomic E-state index is -0.475. The molecule has 0 radical (unpaired) electrons. The Kier molecular flexibility index (Phi) is 5.32. The number of nitriles is 1. The summed E-state index contributed by atoms with van der Waals surface area (Å²) in [5, 5.41) is 11.3. The molecule has 22 heavy (non-hydrogen) atoms. The average Bonchev–Trinajstić information content (AvgIpc) is 3.04. The third-order valence-corrected chi connectivity index (χ3v) is 2.80. The number of hydrogen-bond donors (Lipinski definition) is 1. The summed E-state index contributed by atoms with van der Waals surface area (Å²) in [5.41, 5.74) is 0.920. The summed E-state index contributed by atoms with van der Waals surface area (Å²) in [7, 11) is 0. The van der Waals surface area contributed by atoms with Gasteiger partial charge in [0.15, 0.2) is 6.61 Å². The number of aryl methyl sites for hydroxylation is 1. The molecule has 1 N–H and O–H groups in total. The first-order valence-electron chi connectivity index (χ1n) is 6.65. The van der Waals surface area contributed by atoms with Gasteiger partial charge >= 0.3 is 5.97 Å². The first kappa shape index (κ1) is 15.3. The summed E-state index contributed by atoms with van der Waals surface area (Å²) < 4.78 is 9.97. The molecule has 1 aromatic heterocycles. The van der Waals surface area contributed by atoms with Crippen LogP contribution in [0.15, 0.2) is 47.1 Å². The van der Waals surface area contributed by atoms with Crippen molar-refractivity contribution < 1.29 is 18.7 Å². The molecule has 0 atom stereocenters. The number of rotatable bonds is 6. The Labute approximate surface area is 127 Å². The molecule has 0 aliphatic heterocycles. The molecular weight excluding hydrogens is 284 g/mol. The van der Waals surface area contributed by atoms with Gasteiger partial charge in [-0.2, -0.15) is 5.26 Å². The molecule has 0 saturated carbocycles. The molecule has 1 aromatic carbocycles. The van der Waals surface area contributed by atoms with Crippen LogP contribution in [-0.2, 0) is 20.7 Å². The zero-order valence-electron chi connectivity index (χ0n) is 11.7. The van der Waals surface area contributed by atoms with Gasteiger partial charge in [0.25, 0.3) is 5.91 Å². The second-order valence-corrected chi connectivity index (χ2v) is 4.48. The van der Waals surface area contributed by atoms with Crippen molar-refractivity contribution in [3.63, 3.8) is 0 Å². The number of carbonyl (C=O) groups excluding carboxylic acids is 2. The molecule has 0 saturated heterocycles. The number of nitrogens with zero attached hydrogens (tertiary/aromatic N) is 1. The van der Waals surface area contributed by atoms with E-state index in [9.17, 15) is 9.59 Å². The number of amides is 1. The van der Waals surface area contributed by atoms with Crippen molar-refractivity contribution in [2.75, 3.05) is 11.9 Å². The molecule has 1 heterocycles. The van der Waals surface area contributed by atoms with E-state index in [2.05, 4.69) is 5.32 Å². The standard InChI is InChI=1S/C16H14N2O4/c17-10-12-3-1-4-13(9-12)18-15(19)11-22-16(20)7-6-14-5-2-8-21-14/h1-5,8-9H,6-7,11H2,(H,18,19).